The second kappa shape index (κ2) is 6.00. The van der Waals surface area contributed by atoms with Gasteiger partial charge in [-0.2, -0.15) is 22.5 Å². The van der Waals surface area contributed by atoms with Crippen LogP contribution in [-0.2, 0) is 10.2 Å². The molecule has 0 bridgehead atoms. The van der Waals surface area contributed by atoms with E-state index in [0.717, 1.165) is 18.4 Å². The lowest BCUT2D eigenvalue weighted by molar-refractivity contribution is 0.267. The van der Waals surface area contributed by atoms with Crippen LogP contribution in [0, 0.1) is 5.92 Å². The van der Waals surface area contributed by atoms with Crippen LogP contribution in [0.15, 0.2) is 12.4 Å². The summed E-state index contributed by atoms with van der Waals surface area (Å²) in [5.41, 5.74) is 6.45. The predicted octanol–water partition coefficient (Wildman–Crippen LogP) is -0.0242. The second-order valence-corrected chi connectivity index (χ2v) is 6.68. The zero-order chi connectivity index (χ0) is 13.9. The van der Waals surface area contributed by atoms with Gasteiger partial charge in [-0.3, -0.25) is 5.10 Å². The van der Waals surface area contributed by atoms with E-state index in [9.17, 15) is 8.42 Å². The Bertz CT molecular complexity index is 487. The van der Waals surface area contributed by atoms with Gasteiger partial charge in [0.2, 0.25) is 0 Å². The van der Waals surface area contributed by atoms with Crippen molar-refractivity contribution < 1.29 is 8.42 Å². The maximum Gasteiger partial charge on any atom is 0.280 e. The monoisotopic (exact) mass is 287 g/mol. The van der Waals surface area contributed by atoms with Gasteiger partial charge in [-0.25, -0.2) is 0 Å². The van der Waals surface area contributed by atoms with Crippen molar-refractivity contribution in [3.05, 3.63) is 18.0 Å². The van der Waals surface area contributed by atoms with Gasteiger partial charge in [-0.05, 0) is 32.2 Å². The van der Waals surface area contributed by atoms with Crippen molar-refractivity contribution in [2.24, 2.45) is 11.7 Å². The molecular formula is C11H21N5O2S. The van der Waals surface area contributed by atoms with E-state index in [-0.39, 0.29) is 12.0 Å². The zero-order valence-electron chi connectivity index (χ0n) is 11.0. The van der Waals surface area contributed by atoms with Crippen LogP contribution in [0.5, 0.6) is 0 Å². The fourth-order valence-electron chi connectivity index (χ4n) is 2.30. The van der Waals surface area contributed by atoms with E-state index >= 15 is 0 Å². The highest BCUT2D eigenvalue weighted by Gasteiger charge is 2.29. The molecule has 0 saturated carbocycles. The molecule has 0 radical (unpaired) electrons. The van der Waals surface area contributed by atoms with Gasteiger partial charge in [-0.15, -0.1) is 0 Å². The third kappa shape index (κ3) is 3.53. The van der Waals surface area contributed by atoms with Crippen molar-refractivity contribution in [2.75, 3.05) is 19.6 Å². The van der Waals surface area contributed by atoms with E-state index in [0.29, 0.717) is 19.6 Å². The van der Waals surface area contributed by atoms with Gasteiger partial charge in [0.25, 0.3) is 10.2 Å². The average molecular weight is 287 g/mol. The van der Waals surface area contributed by atoms with Crippen LogP contribution in [0.3, 0.4) is 0 Å². The Morgan fingerprint density at radius 3 is 3.11 bits per heavy atom. The van der Waals surface area contributed by atoms with Crippen LogP contribution in [0.25, 0.3) is 0 Å². The van der Waals surface area contributed by atoms with E-state index in [2.05, 4.69) is 14.9 Å². The molecule has 2 unspecified atom stereocenters. The van der Waals surface area contributed by atoms with Crippen LogP contribution in [0.1, 0.15) is 31.4 Å². The van der Waals surface area contributed by atoms with Gasteiger partial charge in [0.1, 0.15) is 0 Å². The number of aromatic amines is 1. The molecule has 1 fully saturated rings. The van der Waals surface area contributed by atoms with Gasteiger partial charge < -0.3 is 5.73 Å². The fourth-order valence-corrected chi connectivity index (χ4v) is 3.81. The standard InChI is InChI=1S/C11H21N5O2S/c1-9(11-6-13-14-7-11)15-19(17,18)16-4-2-3-10(5-12)8-16/h6-7,9-10,15H,2-5,8,12H2,1H3,(H,13,14). The summed E-state index contributed by atoms with van der Waals surface area (Å²) in [6, 6.07) is -0.304. The Kier molecular flexibility index (Phi) is 4.56. The molecule has 1 aliphatic heterocycles. The molecule has 108 valence electrons. The Labute approximate surface area is 113 Å². The molecular weight excluding hydrogens is 266 g/mol. The summed E-state index contributed by atoms with van der Waals surface area (Å²) in [5.74, 6) is 0.259. The summed E-state index contributed by atoms with van der Waals surface area (Å²) < 4.78 is 28.8. The van der Waals surface area contributed by atoms with E-state index in [1.54, 1.807) is 19.3 Å². The van der Waals surface area contributed by atoms with Crippen molar-refractivity contribution in [1.29, 1.82) is 0 Å². The Morgan fingerprint density at radius 2 is 2.47 bits per heavy atom. The number of rotatable bonds is 5. The smallest absolute Gasteiger partial charge is 0.280 e. The maximum atomic E-state index is 12.3. The first kappa shape index (κ1) is 14.4. The molecule has 0 aromatic carbocycles. The molecule has 0 aliphatic carbocycles. The highest BCUT2D eigenvalue weighted by Crippen LogP contribution is 2.19. The van der Waals surface area contributed by atoms with Gasteiger partial charge in [-0.1, -0.05) is 0 Å². The molecule has 8 heteroatoms. The van der Waals surface area contributed by atoms with Crippen molar-refractivity contribution in [3.63, 3.8) is 0 Å². The van der Waals surface area contributed by atoms with Gasteiger partial charge in [0.05, 0.1) is 6.20 Å². The number of piperidine rings is 1. The first-order valence-corrected chi connectivity index (χ1v) is 7.93. The topological polar surface area (TPSA) is 104 Å². The molecule has 0 spiro atoms. The fraction of sp³-hybridized carbons (Fsp3) is 0.727. The normalized spacial score (nSPS) is 23.4. The molecule has 2 atom stereocenters. The zero-order valence-corrected chi connectivity index (χ0v) is 11.9. The predicted molar refractivity (Wildman–Crippen MR) is 72.4 cm³/mol. The minimum Gasteiger partial charge on any atom is -0.330 e. The molecule has 2 heterocycles. The Balaban J connectivity index is 2.01. The average Bonchev–Trinajstić information content (AvgIpc) is 2.92. The van der Waals surface area contributed by atoms with E-state index in [1.807, 2.05) is 0 Å². The lowest BCUT2D eigenvalue weighted by Crippen LogP contribution is -2.47. The Hall–Kier alpha value is -0.960. The van der Waals surface area contributed by atoms with E-state index < -0.39 is 10.2 Å². The van der Waals surface area contributed by atoms with Crippen LogP contribution < -0.4 is 10.5 Å². The van der Waals surface area contributed by atoms with Gasteiger partial charge in [0, 0.05) is 30.9 Å². The maximum absolute atomic E-state index is 12.3. The number of nitrogens with one attached hydrogen (secondary N) is 2. The highest BCUT2D eigenvalue weighted by atomic mass is 32.2. The molecule has 1 saturated heterocycles. The van der Waals surface area contributed by atoms with Crippen LogP contribution >= 0.6 is 0 Å². The Morgan fingerprint density at radius 1 is 1.68 bits per heavy atom. The van der Waals surface area contributed by atoms with Crippen molar-refractivity contribution in [3.8, 4) is 0 Å². The minimum atomic E-state index is -3.47. The molecule has 19 heavy (non-hydrogen) atoms. The van der Waals surface area contributed by atoms with Crippen LogP contribution in [0.4, 0.5) is 0 Å². The van der Waals surface area contributed by atoms with Crippen molar-refractivity contribution >= 4 is 10.2 Å². The molecule has 4 N–H and O–H groups in total. The molecule has 7 nitrogen and oxygen atoms in total. The van der Waals surface area contributed by atoms with E-state index in [1.165, 1.54) is 4.31 Å². The third-order valence-corrected chi connectivity index (χ3v) is 5.16. The molecule has 1 aromatic heterocycles. The second-order valence-electron chi connectivity index (χ2n) is 4.98. The van der Waals surface area contributed by atoms with E-state index in [4.69, 9.17) is 5.73 Å². The summed E-state index contributed by atoms with van der Waals surface area (Å²) in [6.07, 6.45) is 5.17. The first-order chi connectivity index (χ1) is 9.03. The quantitative estimate of drug-likeness (QED) is 0.707. The molecule has 2 rings (SSSR count). The van der Waals surface area contributed by atoms with Crippen molar-refractivity contribution in [1.82, 2.24) is 19.2 Å². The lowest BCUT2D eigenvalue weighted by atomic mass is 10.0. The van der Waals surface area contributed by atoms with Gasteiger partial charge >= 0.3 is 0 Å². The number of hydrogen-bond acceptors (Lipinski definition) is 4. The number of H-pyrrole nitrogens is 1. The van der Waals surface area contributed by atoms with Crippen molar-refractivity contribution in [2.45, 2.75) is 25.8 Å². The summed E-state index contributed by atoms with van der Waals surface area (Å²) in [4.78, 5) is 0. The molecule has 1 aliphatic rings. The summed E-state index contributed by atoms with van der Waals surface area (Å²) in [7, 11) is -3.47. The molecule has 1 aromatic rings. The SMILES string of the molecule is CC(NS(=O)(=O)N1CCCC(CN)C1)c1cn[nH]c1. The number of hydrogen-bond donors (Lipinski definition) is 3. The number of aromatic nitrogens is 2. The van der Waals surface area contributed by atoms with Gasteiger partial charge in [0.15, 0.2) is 0 Å². The highest BCUT2D eigenvalue weighted by molar-refractivity contribution is 7.87. The lowest BCUT2D eigenvalue weighted by Gasteiger charge is -2.32. The molecule has 0 amide bonds. The largest absolute Gasteiger partial charge is 0.330 e. The van der Waals surface area contributed by atoms with Crippen LogP contribution in [0.2, 0.25) is 0 Å². The van der Waals surface area contributed by atoms with Crippen LogP contribution in [-0.4, -0.2) is 42.6 Å². The summed E-state index contributed by atoms with van der Waals surface area (Å²) >= 11 is 0. The minimum absolute atomic E-state index is 0.259. The number of nitrogens with zero attached hydrogens (tertiary/aromatic N) is 2. The summed E-state index contributed by atoms with van der Waals surface area (Å²) in [6.45, 7) is 3.39. The number of nitrogens with two attached hydrogens (primary N) is 1. The summed E-state index contributed by atoms with van der Waals surface area (Å²) in [5, 5.41) is 6.50. The third-order valence-electron chi connectivity index (χ3n) is 3.50. The first-order valence-electron chi connectivity index (χ1n) is 6.49.